The molecule has 1 atom stereocenters. The second-order valence-electron chi connectivity index (χ2n) is 4.41. The molecule has 5 nitrogen and oxygen atoms in total. The standard InChI is InChI=1S/C13H17N3O2/c1-14-13(18)16-9-15(2)12(17)11(16)8-10-6-4-3-5-7-10/h3-7,11H,8-9H2,1-2H3,(H,14,18)/t11-/m0/s1. The number of nitrogens with one attached hydrogen (secondary N) is 1. The summed E-state index contributed by atoms with van der Waals surface area (Å²) in [6, 6.07) is 9.11. The fourth-order valence-corrected chi connectivity index (χ4v) is 2.17. The van der Waals surface area contributed by atoms with Gasteiger partial charge in [-0.15, -0.1) is 0 Å². The van der Waals surface area contributed by atoms with Gasteiger partial charge in [0.25, 0.3) is 0 Å². The van der Waals surface area contributed by atoms with Crippen molar-refractivity contribution < 1.29 is 9.59 Å². The Kier molecular flexibility index (Phi) is 3.50. The van der Waals surface area contributed by atoms with Crippen LogP contribution in [0.3, 0.4) is 0 Å². The van der Waals surface area contributed by atoms with Crippen molar-refractivity contribution in [3.05, 3.63) is 35.9 Å². The third-order valence-electron chi connectivity index (χ3n) is 3.15. The van der Waals surface area contributed by atoms with Crippen LogP contribution in [-0.4, -0.2) is 48.5 Å². The normalized spacial score (nSPS) is 19.2. The quantitative estimate of drug-likeness (QED) is 0.835. The molecule has 3 amide bonds. The van der Waals surface area contributed by atoms with Gasteiger partial charge in [-0.2, -0.15) is 0 Å². The summed E-state index contributed by atoms with van der Waals surface area (Å²) in [5, 5.41) is 2.57. The topological polar surface area (TPSA) is 52.7 Å². The highest BCUT2D eigenvalue weighted by Crippen LogP contribution is 2.17. The van der Waals surface area contributed by atoms with Crippen LogP contribution in [0.15, 0.2) is 30.3 Å². The van der Waals surface area contributed by atoms with Crippen LogP contribution in [0.4, 0.5) is 4.79 Å². The zero-order valence-corrected chi connectivity index (χ0v) is 10.6. The first-order valence-corrected chi connectivity index (χ1v) is 5.90. The molecular weight excluding hydrogens is 230 g/mol. The molecule has 1 aliphatic heterocycles. The number of hydrogen-bond donors (Lipinski definition) is 1. The molecule has 0 saturated carbocycles. The summed E-state index contributed by atoms with van der Waals surface area (Å²) in [5.74, 6) is -0.0116. The van der Waals surface area contributed by atoms with E-state index in [-0.39, 0.29) is 11.9 Å². The van der Waals surface area contributed by atoms with E-state index >= 15 is 0 Å². The second kappa shape index (κ2) is 5.08. The first kappa shape index (κ1) is 12.4. The van der Waals surface area contributed by atoms with Crippen molar-refractivity contribution >= 4 is 11.9 Å². The molecule has 0 bridgehead atoms. The fourth-order valence-electron chi connectivity index (χ4n) is 2.17. The van der Waals surface area contributed by atoms with E-state index < -0.39 is 6.04 Å². The molecule has 96 valence electrons. The first-order chi connectivity index (χ1) is 8.63. The third-order valence-corrected chi connectivity index (χ3v) is 3.15. The molecule has 1 aliphatic rings. The average molecular weight is 247 g/mol. The number of amides is 3. The Hall–Kier alpha value is -2.04. The number of likely N-dealkylation sites (N-methyl/N-ethyl adjacent to an activating group) is 1. The number of hydrogen-bond acceptors (Lipinski definition) is 2. The Bertz CT molecular complexity index is 447. The summed E-state index contributed by atoms with van der Waals surface area (Å²) >= 11 is 0. The molecule has 5 heteroatoms. The van der Waals surface area contributed by atoms with Crippen LogP contribution < -0.4 is 5.32 Å². The molecular formula is C13H17N3O2. The van der Waals surface area contributed by atoms with Crippen molar-refractivity contribution in [1.82, 2.24) is 15.1 Å². The lowest BCUT2D eigenvalue weighted by atomic mass is 10.1. The van der Waals surface area contributed by atoms with Crippen molar-refractivity contribution in [2.45, 2.75) is 12.5 Å². The van der Waals surface area contributed by atoms with Crippen LogP contribution in [-0.2, 0) is 11.2 Å². The maximum Gasteiger partial charge on any atom is 0.319 e. The molecule has 2 rings (SSSR count). The Balaban J connectivity index is 2.17. The number of nitrogens with zero attached hydrogens (tertiary/aromatic N) is 2. The number of urea groups is 1. The lowest BCUT2D eigenvalue weighted by Gasteiger charge is -2.21. The van der Waals surface area contributed by atoms with Crippen LogP contribution in [0.25, 0.3) is 0 Å². The monoisotopic (exact) mass is 247 g/mol. The van der Waals surface area contributed by atoms with Crippen molar-refractivity contribution in [1.29, 1.82) is 0 Å². The van der Waals surface area contributed by atoms with E-state index in [0.29, 0.717) is 13.1 Å². The first-order valence-electron chi connectivity index (χ1n) is 5.90. The van der Waals surface area contributed by atoms with Gasteiger partial charge in [0.2, 0.25) is 5.91 Å². The van der Waals surface area contributed by atoms with Gasteiger partial charge in [0.1, 0.15) is 6.04 Å². The Morgan fingerprint density at radius 1 is 1.39 bits per heavy atom. The lowest BCUT2D eigenvalue weighted by molar-refractivity contribution is -0.128. The smallest absolute Gasteiger partial charge is 0.319 e. The fraction of sp³-hybridized carbons (Fsp3) is 0.385. The zero-order chi connectivity index (χ0) is 13.1. The molecule has 1 heterocycles. The summed E-state index contributed by atoms with van der Waals surface area (Å²) in [6.07, 6.45) is 0.553. The largest absolute Gasteiger partial charge is 0.341 e. The van der Waals surface area contributed by atoms with Gasteiger partial charge in [-0.3, -0.25) is 9.69 Å². The maximum atomic E-state index is 12.0. The van der Waals surface area contributed by atoms with Crippen LogP contribution in [0, 0.1) is 0 Å². The molecule has 1 N–H and O–H groups in total. The van der Waals surface area contributed by atoms with Crippen molar-refractivity contribution in [2.75, 3.05) is 20.8 Å². The van der Waals surface area contributed by atoms with Crippen LogP contribution in [0.5, 0.6) is 0 Å². The molecule has 1 saturated heterocycles. The number of benzene rings is 1. The molecule has 0 radical (unpaired) electrons. The van der Waals surface area contributed by atoms with Crippen molar-refractivity contribution in [2.24, 2.45) is 0 Å². The van der Waals surface area contributed by atoms with Gasteiger partial charge in [-0.05, 0) is 5.56 Å². The minimum atomic E-state index is -0.405. The Labute approximate surface area is 106 Å². The highest BCUT2D eigenvalue weighted by Gasteiger charge is 2.38. The van der Waals surface area contributed by atoms with Gasteiger partial charge >= 0.3 is 6.03 Å². The predicted molar refractivity (Wildman–Crippen MR) is 67.9 cm³/mol. The number of rotatable bonds is 2. The molecule has 0 aliphatic carbocycles. The van der Waals surface area contributed by atoms with E-state index in [1.165, 1.54) is 0 Å². The maximum absolute atomic E-state index is 12.0. The Morgan fingerprint density at radius 2 is 2.06 bits per heavy atom. The summed E-state index contributed by atoms with van der Waals surface area (Å²) in [5.41, 5.74) is 1.06. The van der Waals surface area contributed by atoms with E-state index in [1.807, 2.05) is 30.3 Å². The minimum absolute atomic E-state index is 0.0116. The predicted octanol–water partition coefficient (Wildman–Crippen LogP) is 0.669. The molecule has 1 fully saturated rings. The van der Waals surface area contributed by atoms with Gasteiger partial charge < -0.3 is 10.2 Å². The second-order valence-corrected chi connectivity index (χ2v) is 4.41. The Morgan fingerprint density at radius 3 is 2.67 bits per heavy atom. The van der Waals surface area contributed by atoms with Crippen molar-refractivity contribution in [3.63, 3.8) is 0 Å². The molecule has 0 unspecified atom stereocenters. The molecule has 1 aromatic rings. The highest BCUT2D eigenvalue weighted by molar-refractivity contribution is 5.90. The van der Waals surface area contributed by atoms with Crippen molar-refractivity contribution in [3.8, 4) is 0 Å². The summed E-state index contributed by atoms with van der Waals surface area (Å²) < 4.78 is 0. The van der Waals surface area contributed by atoms with E-state index in [4.69, 9.17) is 0 Å². The molecule has 0 aromatic heterocycles. The van der Waals surface area contributed by atoms with Crippen LogP contribution in [0.1, 0.15) is 5.56 Å². The molecule has 18 heavy (non-hydrogen) atoms. The van der Waals surface area contributed by atoms with Gasteiger partial charge in [0, 0.05) is 20.5 Å². The molecule has 1 aromatic carbocycles. The van der Waals surface area contributed by atoms with E-state index in [9.17, 15) is 9.59 Å². The number of carbonyl (C=O) groups is 2. The van der Waals surface area contributed by atoms with Crippen LogP contribution in [0.2, 0.25) is 0 Å². The summed E-state index contributed by atoms with van der Waals surface area (Å²) in [4.78, 5) is 26.9. The van der Waals surface area contributed by atoms with Gasteiger partial charge in [0.15, 0.2) is 0 Å². The summed E-state index contributed by atoms with van der Waals surface area (Å²) in [7, 11) is 3.29. The lowest BCUT2D eigenvalue weighted by Crippen LogP contribution is -2.44. The molecule has 0 spiro atoms. The third kappa shape index (κ3) is 2.30. The van der Waals surface area contributed by atoms with Gasteiger partial charge in [-0.1, -0.05) is 30.3 Å². The highest BCUT2D eigenvalue weighted by atomic mass is 16.2. The minimum Gasteiger partial charge on any atom is -0.341 e. The van der Waals surface area contributed by atoms with Gasteiger partial charge in [-0.25, -0.2) is 4.79 Å². The van der Waals surface area contributed by atoms with Crippen LogP contribution >= 0.6 is 0 Å². The zero-order valence-electron chi connectivity index (χ0n) is 10.6. The summed E-state index contributed by atoms with van der Waals surface area (Å²) in [6.45, 7) is 0.343. The average Bonchev–Trinajstić information content (AvgIpc) is 2.67. The SMILES string of the molecule is CNC(=O)N1CN(C)C(=O)[C@@H]1Cc1ccccc1. The van der Waals surface area contributed by atoms with Gasteiger partial charge in [0.05, 0.1) is 6.67 Å². The number of carbonyl (C=O) groups excluding carboxylic acids is 2. The van der Waals surface area contributed by atoms with E-state index in [1.54, 1.807) is 23.9 Å². The van der Waals surface area contributed by atoms with E-state index in [0.717, 1.165) is 5.56 Å². The van der Waals surface area contributed by atoms with E-state index in [2.05, 4.69) is 5.32 Å².